The molecule has 1 heterocycles. The van der Waals surface area contributed by atoms with E-state index in [1.54, 1.807) is 0 Å². The van der Waals surface area contributed by atoms with Gasteiger partial charge in [-0.1, -0.05) is 37.6 Å². The third-order valence-corrected chi connectivity index (χ3v) is 3.31. The van der Waals surface area contributed by atoms with Gasteiger partial charge in [0, 0.05) is 31.9 Å². The number of amidine groups is 1. The Kier molecular flexibility index (Phi) is 4.76. The highest BCUT2D eigenvalue weighted by atomic mass is 16.5. The Morgan fingerprint density at radius 3 is 2.78 bits per heavy atom. The summed E-state index contributed by atoms with van der Waals surface area (Å²) in [7, 11) is 0. The van der Waals surface area contributed by atoms with Crippen LogP contribution < -0.4 is 0 Å². The fourth-order valence-corrected chi connectivity index (χ4v) is 2.24. The van der Waals surface area contributed by atoms with Crippen molar-refractivity contribution in [3.63, 3.8) is 0 Å². The molecule has 0 aliphatic carbocycles. The summed E-state index contributed by atoms with van der Waals surface area (Å²) in [6, 6.07) is 8.20. The monoisotopic (exact) mass is 246 g/mol. The van der Waals surface area contributed by atoms with Gasteiger partial charge in [-0.3, -0.25) is 5.41 Å². The highest BCUT2D eigenvalue weighted by Crippen LogP contribution is 2.22. The first-order valence-electron chi connectivity index (χ1n) is 6.82. The molecule has 1 N–H and O–H groups in total. The third-order valence-electron chi connectivity index (χ3n) is 3.31. The van der Waals surface area contributed by atoms with Crippen molar-refractivity contribution in [1.29, 1.82) is 5.41 Å². The minimum atomic E-state index is 0.666. The number of rotatable bonds is 7. The first kappa shape index (κ1) is 13.1. The van der Waals surface area contributed by atoms with E-state index >= 15 is 0 Å². The molecule has 1 aromatic carbocycles. The summed E-state index contributed by atoms with van der Waals surface area (Å²) < 4.78 is 5.55. The largest absolute Gasteiger partial charge is 0.381 e. The molecule has 1 aromatic rings. The van der Waals surface area contributed by atoms with Crippen LogP contribution in [0.5, 0.6) is 0 Å². The maximum atomic E-state index is 8.12. The molecule has 3 heteroatoms. The quantitative estimate of drug-likeness (QED) is 0.751. The lowest BCUT2D eigenvalue weighted by Gasteiger charge is -2.17. The molecular formula is C15H22N2O. The third kappa shape index (κ3) is 3.10. The molecule has 0 amide bonds. The van der Waals surface area contributed by atoms with Crippen molar-refractivity contribution in [2.45, 2.75) is 32.7 Å². The Morgan fingerprint density at radius 2 is 2.00 bits per heavy atom. The summed E-state index contributed by atoms with van der Waals surface area (Å²) in [4.78, 5) is 2.13. The maximum absolute atomic E-state index is 8.12. The van der Waals surface area contributed by atoms with E-state index < -0.39 is 0 Å². The average Bonchev–Trinajstić information content (AvgIpc) is 2.71. The van der Waals surface area contributed by atoms with Gasteiger partial charge in [0.1, 0.15) is 5.84 Å². The molecule has 0 bridgehead atoms. The van der Waals surface area contributed by atoms with Crippen LogP contribution in [0, 0.1) is 5.41 Å². The molecule has 3 nitrogen and oxygen atoms in total. The van der Waals surface area contributed by atoms with Crippen molar-refractivity contribution in [1.82, 2.24) is 4.90 Å². The number of unbranched alkanes of at least 4 members (excludes halogenated alkanes) is 1. The first-order valence-corrected chi connectivity index (χ1v) is 6.82. The minimum absolute atomic E-state index is 0.666. The van der Waals surface area contributed by atoms with Crippen LogP contribution >= 0.6 is 0 Å². The Balaban J connectivity index is 1.72. The van der Waals surface area contributed by atoms with Crippen LogP contribution in [0.3, 0.4) is 0 Å². The summed E-state index contributed by atoms with van der Waals surface area (Å²) in [6.45, 7) is 5.64. The van der Waals surface area contributed by atoms with Crippen molar-refractivity contribution >= 4 is 5.84 Å². The van der Waals surface area contributed by atoms with Crippen molar-refractivity contribution in [2.75, 3.05) is 19.8 Å². The van der Waals surface area contributed by atoms with E-state index in [0.29, 0.717) is 5.84 Å². The zero-order valence-corrected chi connectivity index (χ0v) is 11.1. The van der Waals surface area contributed by atoms with Crippen molar-refractivity contribution in [3.05, 3.63) is 35.4 Å². The molecule has 0 aromatic heterocycles. The summed E-state index contributed by atoms with van der Waals surface area (Å²) in [5, 5.41) is 8.12. The van der Waals surface area contributed by atoms with Gasteiger partial charge in [0.25, 0.3) is 0 Å². The van der Waals surface area contributed by atoms with Crippen LogP contribution in [-0.2, 0) is 11.3 Å². The molecule has 0 saturated heterocycles. The predicted octanol–water partition coefficient (Wildman–Crippen LogP) is 3.03. The highest BCUT2D eigenvalue weighted by Gasteiger charge is 2.22. The number of benzene rings is 1. The van der Waals surface area contributed by atoms with Crippen molar-refractivity contribution < 1.29 is 4.74 Å². The SMILES string of the molecule is CCCCOCCCN1Cc2ccccc2C1=N. The van der Waals surface area contributed by atoms with E-state index in [0.717, 1.165) is 44.7 Å². The Bertz CT molecular complexity index is 403. The van der Waals surface area contributed by atoms with Gasteiger partial charge in [-0.05, 0) is 18.4 Å². The van der Waals surface area contributed by atoms with Crippen LogP contribution in [0.1, 0.15) is 37.3 Å². The number of ether oxygens (including phenoxy) is 1. The highest BCUT2D eigenvalue weighted by molar-refractivity contribution is 6.00. The number of nitrogens with one attached hydrogen (secondary N) is 1. The van der Waals surface area contributed by atoms with Gasteiger partial charge < -0.3 is 9.64 Å². The first-order chi connectivity index (χ1) is 8.83. The fourth-order valence-electron chi connectivity index (χ4n) is 2.24. The van der Waals surface area contributed by atoms with Crippen LogP contribution in [-0.4, -0.2) is 30.5 Å². The number of hydrogen-bond donors (Lipinski definition) is 1. The average molecular weight is 246 g/mol. The Hall–Kier alpha value is -1.35. The lowest BCUT2D eigenvalue weighted by Crippen LogP contribution is -2.25. The molecule has 0 unspecified atom stereocenters. The molecular weight excluding hydrogens is 224 g/mol. The van der Waals surface area contributed by atoms with E-state index in [1.165, 1.54) is 12.0 Å². The second-order valence-electron chi connectivity index (χ2n) is 4.75. The molecule has 0 radical (unpaired) electrons. The molecule has 18 heavy (non-hydrogen) atoms. The Morgan fingerprint density at radius 1 is 1.22 bits per heavy atom. The molecule has 1 aliphatic rings. The van der Waals surface area contributed by atoms with Gasteiger partial charge in [0.15, 0.2) is 0 Å². The summed E-state index contributed by atoms with van der Waals surface area (Å²) in [5.74, 6) is 0.666. The molecule has 0 fully saturated rings. The van der Waals surface area contributed by atoms with Crippen LogP contribution in [0.2, 0.25) is 0 Å². The summed E-state index contributed by atoms with van der Waals surface area (Å²) >= 11 is 0. The van der Waals surface area contributed by atoms with E-state index in [9.17, 15) is 0 Å². The van der Waals surface area contributed by atoms with Gasteiger partial charge in [-0.2, -0.15) is 0 Å². The van der Waals surface area contributed by atoms with E-state index in [-0.39, 0.29) is 0 Å². The lowest BCUT2D eigenvalue weighted by molar-refractivity contribution is 0.124. The number of hydrogen-bond acceptors (Lipinski definition) is 2. The zero-order valence-electron chi connectivity index (χ0n) is 11.1. The lowest BCUT2D eigenvalue weighted by atomic mass is 10.1. The van der Waals surface area contributed by atoms with E-state index in [4.69, 9.17) is 10.1 Å². The molecule has 2 rings (SSSR count). The minimum Gasteiger partial charge on any atom is -0.381 e. The molecule has 1 aliphatic heterocycles. The topological polar surface area (TPSA) is 36.3 Å². The number of nitrogens with zero attached hydrogens (tertiary/aromatic N) is 1. The second kappa shape index (κ2) is 6.55. The molecule has 98 valence electrons. The van der Waals surface area contributed by atoms with E-state index in [2.05, 4.69) is 17.9 Å². The Labute approximate surface area is 109 Å². The van der Waals surface area contributed by atoms with Crippen LogP contribution in [0.25, 0.3) is 0 Å². The van der Waals surface area contributed by atoms with Crippen molar-refractivity contribution in [3.8, 4) is 0 Å². The zero-order chi connectivity index (χ0) is 12.8. The van der Waals surface area contributed by atoms with Gasteiger partial charge >= 0.3 is 0 Å². The van der Waals surface area contributed by atoms with Crippen LogP contribution in [0.15, 0.2) is 24.3 Å². The standard InChI is InChI=1S/C15H22N2O/c1-2-3-10-18-11-6-9-17-12-13-7-4-5-8-14(13)15(17)16/h4-5,7-8,16H,2-3,6,9-12H2,1H3. The smallest absolute Gasteiger partial charge is 0.128 e. The van der Waals surface area contributed by atoms with Gasteiger partial charge in [0.2, 0.25) is 0 Å². The normalized spacial score (nSPS) is 14.1. The van der Waals surface area contributed by atoms with E-state index in [1.807, 2.05) is 18.2 Å². The fraction of sp³-hybridized carbons (Fsp3) is 0.533. The predicted molar refractivity (Wildman–Crippen MR) is 74.0 cm³/mol. The second-order valence-corrected chi connectivity index (χ2v) is 4.75. The van der Waals surface area contributed by atoms with Crippen LogP contribution in [0.4, 0.5) is 0 Å². The van der Waals surface area contributed by atoms with Crippen molar-refractivity contribution in [2.24, 2.45) is 0 Å². The molecule has 0 atom stereocenters. The number of fused-ring (bicyclic) bond motifs is 1. The maximum Gasteiger partial charge on any atom is 0.128 e. The van der Waals surface area contributed by atoms with Gasteiger partial charge in [0.05, 0.1) is 0 Å². The summed E-state index contributed by atoms with van der Waals surface area (Å²) in [5.41, 5.74) is 2.36. The molecule has 0 spiro atoms. The summed E-state index contributed by atoms with van der Waals surface area (Å²) in [6.07, 6.45) is 3.33. The van der Waals surface area contributed by atoms with Gasteiger partial charge in [-0.15, -0.1) is 0 Å². The molecule has 0 saturated carbocycles. The van der Waals surface area contributed by atoms with Gasteiger partial charge in [-0.25, -0.2) is 0 Å².